The summed E-state index contributed by atoms with van der Waals surface area (Å²) in [6, 6.07) is 12.4. The van der Waals surface area contributed by atoms with Gasteiger partial charge < -0.3 is 10.2 Å². The monoisotopic (exact) mass is 366 g/mol. The summed E-state index contributed by atoms with van der Waals surface area (Å²) in [7, 11) is 0. The standard InChI is InChI=1S/C19H18N4S2/c1-13-7-10-25-18(13)17-16(15-6-2-3-9-21-15)22-19(24)23(17)12-14-5-4-8-20-11-14/h2-11,16-17H,12H2,1H3,(H,22,24)/t16-,17-/m1/s1. The second-order valence-corrected chi connectivity index (χ2v) is 7.42. The first-order valence-corrected chi connectivity index (χ1v) is 9.44. The molecule has 0 aliphatic carbocycles. The smallest absolute Gasteiger partial charge is 0.170 e. The molecule has 25 heavy (non-hydrogen) atoms. The highest BCUT2D eigenvalue weighted by Crippen LogP contribution is 2.42. The van der Waals surface area contributed by atoms with Crippen molar-refractivity contribution in [2.45, 2.75) is 25.6 Å². The van der Waals surface area contributed by atoms with Crippen molar-refractivity contribution >= 4 is 28.7 Å². The lowest BCUT2D eigenvalue weighted by molar-refractivity contribution is 0.314. The fraction of sp³-hybridized carbons (Fsp3) is 0.211. The third-order valence-corrected chi connectivity index (χ3v) is 5.89. The van der Waals surface area contributed by atoms with Crippen LogP contribution in [0, 0.1) is 6.92 Å². The molecule has 1 saturated heterocycles. The third kappa shape index (κ3) is 3.15. The van der Waals surface area contributed by atoms with Crippen molar-refractivity contribution in [3.63, 3.8) is 0 Å². The Morgan fingerprint density at radius 1 is 1.20 bits per heavy atom. The van der Waals surface area contributed by atoms with Gasteiger partial charge in [0, 0.05) is 30.0 Å². The van der Waals surface area contributed by atoms with Crippen LogP contribution in [0.5, 0.6) is 0 Å². The van der Waals surface area contributed by atoms with Crippen molar-refractivity contribution in [2.75, 3.05) is 0 Å². The largest absolute Gasteiger partial charge is 0.352 e. The highest BCUT2D eigenvalue weighted by atomic mass is 32.1. The van der Waals surface area contributed by atoms with Gasteiger partial charge in [0.15, 0.2) is 5.11 Å². The zero-order valence-corrected chi connectivity index (χ0v) is 15.4. The van der Waals surface area contributed by atoms with Crippen molar-refractivity contribution in [3.05, 3.63) is 82.1 Å². The van der Waals surface area contributed by atoms with Crippen LogP contribution in [-0.2, 0) is 6.54 Å². The molecule has 0 radical (unpaired) electrons. The van der Waals surface area contributed by atoms with Crippen LogP contribution in [0.25, 0.3) is 0 Å². The Labute approximate surface area is 156 Å². The van der Waals surface area contributed by atoms with Gasteiger partial charge in [-0.3, -0.25) is 9.97 Å². The number of thiocarbonyl (C=S) groups is 1. The Balaban J connectivity index is 1.74. The summed E-state index contributed by atoms with van der Waals surface area (Å²) in [4.78, 5) is 12.4. The zero-order chi connectivity index (χ0) is 17.2. The molecule has 126 valence electrons. The maximum atomic E-state index is 5.68. The van der Waals surface area contributed by atoms with Gasteiger partial charge >= 0.3 is 0 Å². The van der Waals surface area contributed by atoms with Crippen LogP contribution < -0.4 is 5.32 Å². The summed E-state index contributed by atoms with van der Waals surface area (Å²) in [5.41, 5.74) is 3.45. The van der Waals surface area contributed by atoms with Crippen molar-refractivity contribution < 1.29 is 0 Å². The Morgan fingerprint density at radius 3 is 2.80 bits per heavy atom. The topological polar surface area (TPSA) is 41.1 Å². The molecule has 0 amide bonds. The Bertz CT molecular complexity index is 863. The van der Waals surface area contributed by atoms with E-state index in [1.165, 1.54) is 10.4 Å². The van der Waals surface area contributed by atoms with E-state index in [4.69, 9.17) is 12.2 Å². The second-order valence-electron chi connectivity index (χ2n) is 6.08. The summed E-state index contributed by atoms with van der Waals surface area (Å²) in [6.07, 6.45) is 5.53. The van der Waals surface area contributed by atoms with Crippen LogP contribution in [0.4, 0.5) is 0 Å². The van der Waals surface area contributed by atoms with E-state index >= 15 is 0 Å². The van der Waals surface area contributed by atoms with Crippen molar-refractivity contribution in [2.24, 2.45) is 0 Å². The summed E-state index contributed by atoms with van der Waals surface area (Å²) in [6.45, 7) is 2.88. The first-order valence-electron chi connectivity index (χ1n) is 8.15. The lowest BCUT2D eigenvalue weighted by Gasteiger charge is -2.27. The van der Waals surface area contributed by atoms with Crippen molar-refractivity contribution in [3.8, 4) is 0 Å². The molecule has 1 aliphatic rings. The van der Waals surface area contributed by atoms with Crippen LogP contribution in [0.2, 0.25) is 0 Å². The third-order valence-electron chi connectivity index (χ3n) is 4.44. The van der Waals surface area contributed by atoms with E-state index in [0.717, 1.165) is 22.9 Å². The molecule has 3 aromatic heterocycles. The molecule has 1 aliphatic heterocycles. The van der Waals surface area contributed by atoms with E-state index in [2.05, 4.69) is 50.7 Å². The Kier molecular flexibility index (Phi) is 4.46. The molecule has 1 N–H and O–H groups in total. The Morgan fingerprint density at radius 2 is 2.12 bits per heavy atom. The van der Waals surface area contributed by atoms with Crippen LogP contribution in [0.3, 0.4) is 0 Å². The first kappa shape index (κ1) is 16.2. The number of thiophene rings is 1. The fourth-order valence-corrected chi connectivity index (χ4v) is 4.62. The molecule has 0 aromatic carbocycles. The zero-order valence-electron chi connectivity index (χ0n) is 13.8. The predicted molar refractivity (Wildman–Crippen MR) is 104 cm³/mol. The molecular weight excluding hydrogens is 348 g/mol. The molecular formula is C19H18N4S2. The summed E-state index contributed by atoms with van der Waals surface area (Å²) >= 11 is 7.46. The molecule has 0 spiro atoms. The molecule has 4 heterocycles. The van der Waals surface area contributed by atoms with E-state index in [1.807, 2.05) is 30.6 Å². The van der Waals surface area contributed by atoms with Gasteiger partial charge in [-0.1, -0.05) is 12.1 Å². The first-order chi connectivity index (χ1) is 12.2. The average Bonchev–Trinajstić information content (AvgIpc) is 3.20. The maximum Gasteiger partial charge on any atom is 0.170 e. The van der Waals surface area contributed by atoms with Gasteiger partial charge in [-0.05, 0) is 59.9 Å². The number of pyridine rings is 2. The molecule has 1 fully saturated rings. The van der Waals surface area contributed by atoms with Crippen LogP contribution in [0.1, 0.15) is 33.8 Å². The maximum absolute atomic E-state index is 5.68. The van der Waals surface area contributed by atoms with E-state index in [9.17, 15) is 0 Å². The lowest BCUT2D eigenvalue weighted by atomic mass is 10.0. The van der Waals surface area contributed by atoms with Crippen LogP contribution in [0.15, 0.2) is 60.4 Å². The minimum absolute atomic E-state index is 0.0442. The summed E-state index contributed by atoms with van der Waals surface area (Å²) in [5, 5.41) is 6.39. The molecule has 4 rings (SSSR count). The molecule has 6 heteroatoms. The molecule has 4 nitrogen and oxygen atoms in total. The summed E-state index contributed by atoms with van der Waals surface area (Å²) < 4.78 is 0. The van der Waals surface area contributed by atoms with Gasteiger partial charge in [0.2, 0.25) is 0 Å². The highest BCUT2D eigenvalue weighted by Gasteiger charge is 2.40. The number of aryl methyl sites for hydroxylation is 1. The SMILES string of the molecule is Cc1ccsc1[C@H]1[C@@H](c2ccccn2)NC(=S)N1Cc1cccnc1. The van der Waals surface area contributed by atoms with Gasteiger partial charge in [-0.2, -0.15) is 0 Å². The quantitative estimate of drug-likeness (QED) is 0.706. The highest BCUT2D eigenvalue weighted by molar-refractivity contribution is 7.80. The molecule has 0 saturated carbocycles. The minimum Gasteiger partial charge on any atom is -0.352 e. The average molecular weight is 367 g/mol. The second kappa shape index (κ2) is 6.90. The van der Waals surface area contributed by atoms with Crippen LogP contribution >= 0.6 is 23.6 Å². The number of hydrogen-bond acceptors (Lipinski definition) is 4. The number of rotatable bonds is 4. The normalized spacial score (nSPS) is 19.9. The van der Waals surface area contributed by atoms with Gasteiger partial charge in [0.1, 0.15) is 0 Å². The van der Waals surface area contributed by atoms with Gasteiger partial charge in [-0.15, -0.1) is 11.3 Å². The molecule has 0 unspecified atom stereocenters. The van der Waals surface area contributed by atoms with E-state index in [-0.39, 0.29) is 12.1 Å². The van der Waals surface area contributed by atoms with Gasteiger partial charge in [0.05, 0.1) is 17.8 Å². The van der Waals surface area contributed by atoms with Crippen LogP contribution in [-0.4, -0.2) is 20.0 Å². The van der Waals surface area contributed by atoms with E-state index in [1.54, 1.807) is 17.5 Å². The van der Waals surface area contributed by atoms with E-state index in [0.29, 0.717) is 0 Å². The van der Waals surface area contributed by atoms with Gasteiger partial charge in [-0.25, -0.2) is 0 Å². The fourth-order valence-electron chi connectivity index (χ4n) is 3.24. The lowest BCUT2D eigenvalue weighted by Crippen LogP contribution is -2.29. The summed E-state index contributed by atoms with van der Waals surface area (Å²) in [5.74, 6) is 0. The number of nitrogens with zero attached hydrogens (tertiary/aromatic N) is 3. The number of nitrogens with one attached hydrogen (secondary N) is 1. The number of aromatic nitrogens is 2. The van der Waals surface area contributed by atoms with Crippen molar-refractivity contribution in [1.82, 2.24) is 20.2 Å². The van der Waals surface area contributed by atoms with Gasteiger partial charge in [0.25, 0.3) is 0 Å². The van der Waals surface area contributed by atoms with Crippen molar-refractivity contribution in [1.29, 1.82) is 0 Å². The molecule has 3 aromatic rings. The molecule has 0 bridgehead atoms. The molecule has 2 atom stereocenters. The number of hydrogen-bond donors (Lipinski definition) is 1. The predicted octanol–water partition coefficient (Wildman–Crippen LogP) is 4.02. The minimum atomic E-state index is 0.0442. The van der Waals surface area contributed by atoms with E-state index < -0.39 is 0 Å². The Hall–Kier alpha value is -2.31.